The van der Waals surface area contributed by atoms with Gasteiger partial charge in [0, 0.05) is 12.0 Å². The van der Waals surface area contributed by atoms with E-state index < -0.39 is 0 Å². The predicted octanol–water partition coefficient (Wildman–Crippen LogP) is 4.33. The fraction of sp³-hybridized carbons (Fsp3) is 0.231. The van der Waals surface area contributed by atoms with Crippen molar-refractivity contribution in [1.82, 2.24) is 19.6 Å². The number of amides is 2. The molecule has 8 heteroatoms. The van der Waals surface area contributed by atoms with Gasteiger partial charge in [-0.3, -0.25) is 14.3 Å². The average molecular weight is 455 g/mol. The zero-order valence-corrected chi connectivity index (χ0v) is 19.2. The molecule has 172 valence electrons. The van der Waals surface area contributed by atoms with E-state index in [1.807, 2.05) is 79.2 Å². The van der Waals surface area contributed by atoms with Crippen molar-refractivity contribution in [2.24, 2.45) is 5.92 Å². The van der Waals surface area contributed by atoms with Gasteiger partial charge in [0.05, 0.1) is 29.3 Å². The fourth-order valence-corrected chi connectivity index (χ4v) is 3.89. The summed E-state index contributed by atoms with van der Waals surface area (Å²) >= 11 is 0. The minimum absolute atomic E-state index is 0.0390. The minimum atomic E-state index is -0.359. The molecule has 2 aromatic carbocycles. The van der Waals surface area contributed by atoms with E-state index in [1.54, 1.807) is 10.7 Å². The summed E-state index contributed by atoms with van der Waals surface area (Å²) < 4.78 is 3.47. The highest BCUT2D eigenvalue weighted by Gasteiger charge is 2.31. The molecule has 8 nitrogen and oxygen atoms in total. The highest BCUT2D eigenvalue weighted by atomic mass is 16.2. The number of para-hydroxylation sites is 1. The first kappa shape index (κ1) is 21.6. The Kier molecular flexibility index (Phi) is 5.71. The third-order valence-electron chi connectivity index (χ3n) is 5.94. The van der Waals surface area contributed by atoms with Gasteiger partial charge < -0.3 is 10.6 Å². The van der Waals surface area contributed by atoms with Gasteiger partial charge in [-0.15, -0.1) is 0 Å². The maximum absolute atomic E-state index is 13.2. The SMILES string of the molecule is Cc1nn(Cc2ccccc2)c(C)c1NC(=O)c1cc(NC(=O)C2CC2)n(-c2ccccc2)n1. The number of benzene rings is 2. The molecule has 0 atom stereocenters. The Balaban J connectivity index is 1.40. The van der Waals surface area contributed by atoms with Gasteiger partial charge in [-0.25, -0.2) is 4.68 Å². The standard InChI is InChI=1S/C26H26N6O2/c1-17-24(18(2)31(29-17)16-19-9-5-3-6-10-19)28-26(34)22-15-23(27-25(33)20-13-14-20)32(30-22)21-11-7-4-8-12-21/h3-12,15,20H,13-14,16H2,1-2H3,(H,27,33)(H,28,34). The smallest absolute Gasteiger partial charge is 0.276 e. The summed E-state index contributed by atoms with van der Waals surface area (Å²) in [6, 6.07) is 21.1. The normalized spacial score (nSPS) is 13.0. The topological polar surface area (TPSA) is 93.8 Å². The van der Waals surface area contributed by atoms with Crippen LogP contribution in [0.3, 0.4) is 0 Å². The van der Waals surface area contributed by atoms with Crippen LogP contribution in [0, 0.1) is 19.8 Å². The molecule has 1 aliphatic carbocycles. The van der Waals surface area contributed by atoms with E-state index in [9.17, 15) is 9.59 Å². The highest BCUT2D eigenvalue weighted by Crippen LogP contribution is 2.31. The Morgan fingerprint density at radius 3 is 2.29 bits per heavy atom. The molecule has 4 aromatic rings. The number of aryl methyl sites for hydroxylation is 1. The Morgan fingerprint density at radius 2 is 1.62 bits per heavy atom. The van der Waals surface area contributed by atoms with E-state index in [0.717, 1.165) is 35.5 Å². The molecule has 0 radical (unpaired) electrons. The number of nitrogens with zero attached hydrogens (tertiary/aromatic N) is 4. The van der Waals surface area contributed by atoms with E-state index in [-0.39, 0.29) is 23.4 Å². The number of aromatic nitrogens is 4. The van der Waals surface area contributed by atoms with Crippen LogP contribution in [0.15, 0.2) is 66.7 Å². The van der Waals surface area contributed by atoms with Crippen LogP contribution in [0.1, 0.15) is 40.3 Å². The van der Waals surface area contributed by atoms with Crippen LogP contribution in [0.2, 0.25) is 0 Å². The van der Waals surface area contributed by atoms with Gasteiger partial charge in [0.2, 0.25) is 5.91 Å². The lowest BCUT2D eigenvalue weighted by atomic mass is 10.2. The number of anilines is 2. The molecule has 0 spiro atoms. The molecule has 1 saturated carbocycles. The summed E-state index contributed by atoms with van der Waals surface area (Å²) in [5, 5.41) is 15.0. The zero-order chi connectivity index (χ0) is 23.7. The molecule has 34 heavy (non-hydrogen) atoms. The van der Waals surface area contributed by atoms with Crippen LogP contribution in [-0.4, -0.2) is 31.4 Å². The lowest BCUT2D eigenvalue weighted by Crippen LogP contribution is -2.16. The number of carbonyl (C=O) groups is 2. The summed E-state index contributed by atoms with van der Waals surface area (Å²) in [5.41, 5.74) is 4.36. The van der Waals surface area contributed by atoms with Crippen molar-refractivity contribution in [2.45, 2.75) is 33.2 Å². The van der Waals surface area contributed by atoms with Crippen molar-refractivity contribution < 1.29 is 9.59 Å². The van der Waals surface area contributed by atoms with E-state index >= 15 is 0 Å². The van der Waals surface area contributed by atoms with Crippen molar-refractivity contribution >= 4 is 23.3 Å². The number of carbonyl (C=O) groups excluding carboxylic acids is 2. The Bertz CT molecular complexity index is 1340. The van der Waals surface area contributed by atoms with Crippen molar-refractivity contribution in [3.8, 4) is 5.69 Å². The predicted molar refractivity (Wildman–Crippen MR) is 130 cm³/mol. The maximum Gasteiger partial charge on any atom is 0.276 e. The van der Waals surface area contributed by atoms with E-state index in [0.29, 0.717) is 18.1 Å². The second-order valence-corrected chi connectivity index (χ2v) is 8.57. The molecular formula is C26H26N6O2. The van der Waals surface area contributed by atoms with Crippen LogP contribution in [-0.2, 0) is 11.3 Å². The monoisotopic (exact) mass is 454 g/mol. The van der Waals surface area contributed by atoms with Crippen LogP contribution in [0.5, 0.6) is 0 Å². The minimum Gasteiger partial charge on any atom is -0.317 e. The van der Waals surface area contributed by atoms with Gasteiger partial charge in [-0.2, -0.15) is 10.2 Å². The number of nitrogens with one attached hydrogen (secondary N) is 2. The van der Waals surface area contributed by atoms with E-state index in [4.69, 9.17) is 0 Å². The summed E-state index contributed by atoms with van der Waals surface area (Å²) in [7, 11) is 0. The third-order valence-corrected chi connectivity index (χ3v) is 5.94. The fourth-order valence-electron chi connectivity index (χ4n) is 3.89. The average Bonchev–Trinajstić information content (AvgIpc) is 3.57. The van der Waals surface area contributed by atoms with Gasteiger partial charge in [-0.05, 0) is 44.4 Å². The Morgan fingerprint density at radius 1 is 0.941 bits per heavy atom. The van der Waals surface area contributed by atoms with Crippen LogP contribution in [0.4, 0.5) is 11.5 Å². The second-order valence-electron chi connectivity index (χ2n) is 8.57. The molecule has 0 aliphatic heterocycles. The number of rotatable bonds is 7. The van der Waals surface area contributed by atoms with Crippen molar-refractivity contribution in [3.63, 3.8) is 0 Å². The van der Waals surface area contributed by atoms with Crippen molar-refractivity contribution in [3.05, 3.63) is 89.4 Å². The zero-order valence-electron chi connectivity index (χ0n) is 19.2. The van der Waals surface area contributed by atoms with Crippen LogP contribution >= 0.6 is 0 Å². The molecule has 1 aliphatic rings. The summed E-state index contributed by atoms with van der Waals surface area (Å²) in [5.74, 6) is 0.110. The van der Waals surface area contributed by atoms with Crippen LogP contribution in [0.25, 0.3) is 5.69 Å². The van der Waals surface area contributed by atoms with E-state index in [2.05, 4.69) is 20.8 Å². The van der Waals surface area contributed by atoms with Gasteiger partial charge >= 0.3 is 0 Å². The molecule has 0 saturated heterocycles. The molecule has 2 N–H and O–H groups in total. The number of hydrogen-bond donors (Lipinski definition) is 2. The van der Waals surface area contributed by atoms with Gasteiger partial charge in [0.25, 0.3) is 5.91 Å². The molecule has 0 bridgehead atoms. The van der Waals surface area contributed by atoms with Crippen molar-refractivity contribution in [1.29, 1.82) is 0 Å². The molecule has 2 aromatic heterocycles. The molecule has 0 unspecified atom stereocenters. The Hall–Kier alpha value is -4.20. The first-order chi connectivity index (χ1) is 16.5. The van der Waals surface area contributed by atoms with Gasteiger partial charge in [0.1, 0.15) is 5.82 Å². The third kappa shape index (κ3) is 4.47. The van der Waals surface area contributed by atoms with Crippen LogP contribution < -0.4 is 10.6 Å². The first-order valence-corrected chi connectivity index (χ1v) is 11.3. The summed E-state index contributed by atoms with van der Waals surface area (Å²) in [4.78, 5) is 25.6. The molecule has 2 heterocycles. The first-order valence-electron chi connectivity index (χ1n) is 11.3. The maximum atomic E-state index is 13.2. The highest BCUT2D eigenvalue weighted by molar-refractivity contribution is 6.04. The van der Waals surface area contributed by atoms with Crippen molar-refractivity contribution in [2.75, 3.05) is 10.6 Å². The van der Waals surface area contributed by atoms with E-state index in [1.165, 1.54) is 0 Å². The Labute approximate surface area is 197 Å². The van der Waals surface area contributed by atoms with Gasteiger partial charge in [0.15, 0.2) is 5.69 Å². The lowest BCUT2D eigenvalue weighted by molar-refractivity contribution is -0.117. The summed E-state index contributed by atoms with van der Waals surface area (Å²) in [6.45, 7) is 4.42. The largest absolute Gasteiger partial charge is 0.317 e. The summed E-state index contributed by atoms with van der Waals surface area (Å²) in [6.07, 6.45) is 1.79. The van der Waals surface area contributed by atoms with Gasteiger partial charge in [-0.1, -0.05) is 48.5 Å². The molecule has 1 fully saturated rings. The lowest BCUT2D eigenvalue weighted by Gasteiger charge is -2.08. The molecule has 5 rings (SSSR count). The molecule has 2 amide bonds. The number of hydrogen-bond acceptors (Lipinski definition) is 4. The molecular weight excluding hydrogens is 428 g/mol. The second kappa shape index (κ2) is 8.97. The quantitative estimate of drug-likeness (QED) is 0.435.